The van der Waals surface area contributed by atoms with Crippen molar-refractivity contribution in [1.82, 2.24) is 14.5 Å². The highest BCUT2D eigenvalue weighted by atomic mass is 16.7. The van der Waals surface area contributed by atoms with E-state index in [1.165, 1.54) is 11.1 Å². The molecule has 1 saturated heterocycles. The van der Waals surface area contributed by atoms with Gasteiger partial charge >= 0.3 is 11.9 Å². The number of imidazole rings is 1. The molecular formula is C31H33N7O9. The number of aliphatic hydroxyl groups is 3. The number of nitrogens with two attached hydrogens (primary N) is 1. The Morgan fingerprint density at radius 2 is 1.79 bits per heavy atom. The Balaban J connectivity index is 1.29. The largest absolute Gasteiger partial charge is 0.479 e. The van der Waals surface area contributed by atoms with Gasteiger partial charge in [0.1, 0.15) is 29.7 Å². The highest BCUT2D eigenvalue weighted by molar-refractivity contribution is 6.07. The molecule has 3 heterocycles. The number of esters is 1. The third kappa shape index (κ3) is 7.20. The summed E-state index contributed by atoms with van der Waals surface area (Å²) in [6, 6.07) is 17.0. The molecule has 16 nitrogen and oxygen atoms in total. The van der Waals surface area contributed by atoms with Gasteiger partial charge in [-0.3, -0.25) is 19.9 Å². The van der Waals surface area contributed by atoms with E-state index in [0.717, 1.165) is 11.2 Å². The zero-order valence-electron chi connectivity index (χ0n) is 25.1. The molecule has 47 heavy (non-hydrogen) atoms. The molecule has 0 radical (unpaired) electrons. The number of carboxylic acid groups (broad SMARTS) is 1. The van der Waals surface area contributed by atoms with Crippen LogP contribution in [-0.4, -0.2) is 95.9 Å². The van der Waals surface area contributed by atoms with Crippen molar-refractivity contribution in [2.45, 2.75) is 43.7 Å². The third-order valence-corrected chi connectivity index (χ3v) is 7.65. The number of benzene rings is 2. The summed E-state index contributed by atoms with van der Waals surface area (Å²) >= 11 is 0. The van der Waals surface area contributed by atoms with Crippen molar-refractivity contribution in [1.29, 1.82) is 5.41 Å². The first-order valence-electron chi connectivity index (χ1n) is 14.4. The number of amides is 1. The molecule has 5 rings (SSSR count). The monoisotopic (exact) mass is 647 g/mol. The van der Waals surface area contributed by atoms with Crippen LogP contribution in [0.25, 0.3) is 11.0 Å². The molecule has 1 amide bonds. The van der Waals surface area contributed by atoms with Crippen molar-refractivity contribution in [3.63, 3.8) is 0 Å². The fraction of sp³-hybridized carbons (Fsp3) is 0.290. The minimum absolute atomic E-state index is 0.0222. The summed E-state index contributed by atoms with van der Waals surface area (Å²) in [6.07, 6.45) is -8.51. The first-order valence-corrected chi connectivity index (χ1v) is 14.4. The second-order valence-electron chi connectivity index (χ2n) is 10.8. The van der Waals surface area contributed by atoms with Gasteiger partial charge in [-0.25, -0.2) is 14.8 Å². The summed E-state index contributed by atoms with van der Waals surface area (Å²) in [5.74, 6) is -2.15. The predicted octanol–water partition coefficient (Wildman–Crippen LogP) is 0.337. The molecule has 2 aromatic heterocycles. The van der Waals surface area contributed by atoms with E-state index < -0.39 is 55.0 Å². The zero-order valence-corrected chi connectivity index (χ0v) is 25.1. The molecule has 16 heteroatoms. The Morgan fingerprint density at radius 3 is 2.45 bits per heavy atom. The van der Waals surface area contributed by atoms with Crippen molar-refractivity contribution in [3.8, 4) is 0 Å². The van der Waals surface area contributed by atoms with Crippen LogP contribution in [0.4, 0.5) is 11.5 Å². The lowest BCUT2D eigenvalue weighted by Gasteiger charge is -2.38. The summed E-state index contributed by atoms with van der Waals surface area (Å²) in [5.41, 5.74) is 8.54. The van der Waals surface area contributed by atoms with Gasteiger partial charge in [0, 0.05) is 36.6 Å². The number of aryl methyl sites for hydroxylation is 1. The molecule has 8 N–H and O–H groups in total. The highest BCUT2D eigenvalue weighted by Gasteiger charge is 2.49. The maximum absolute atomic E-state index is 13.8. The van der Waals surface area contributed by atoms with Gasteiger partial charge in [-0.2, -0.15) is 0 Å². The smallest absolute Gasteiger partial charge is 0.335 e. The van der Waals surface area contributed by atoms with Crippen molar-refractivity contribution in [2.75, 3.05) is 16.8 Å². The number of amidine groups is 1. The number of pyridine rings is 1. The van der Waals surface area contributed by atoms with Gasteiger partial charge in [0.15, 0.2) is 18.5 Å². The van der Waals surface area contributed by atoms with Crippen LogP contribution in [0, 0.1) is 5.41 Å². The molecule has 246 valence electrons. The molecule has 0 spiro atoms. The first kappa shape index (κ1) is 33.0. The normalized spacial score (nSPS) is 20.8. The number of carbonyl (C=O) groups is 3. The van der Waals surface area contributed by atoms with E-state index >= 15 is 0 Å². The minimum atomic E-state index is -2.01. The predicted molar refractivity (Wildman–Crippen MR) is 166 cm³/mol. The van der Waals surface area contributed by atoms with Gasteiger partial charge in [0.25, 0.3) is 5.91 Å². The second kappa shape index (κ2) is 13.9. The van der Waals surface area contributed by atoms with E-state index in [-0.39, 0.29) is 23.8 Å². The lowest BCUT2D eigenvalue weighted by molar-refractivity contribution is -0.284. The standard InChI is InChI=1S/C31H33N7O9/c1-37-20-10-7-17(14-19(20)36-22(37)15-35-18-8-5-16(6-9-18)28(32)33)29(42)38(21-4-2-3-12-34-21)13-11-23(39)46-27-25(41)24(40)26(30(43)44)47-31(27)45/h2-10,12,14,24-27,31,35,40-41,45H,11,13,15H2,1H3,(H3,32,33)(H,43,44)/t24-,25-,26-,27+,31?/m0/s1. The molecule has 2 aromatic carbocycles. The number of nitrogen functional groups attached to an aromatic ring is 1. The van der Waals surface area contributed by atoms with Crippen molar-refractivity contribution < 1.29 is 44.3 Å². The van der Waals surface area contributed by atoms with Gasteiger partial charge in [-0.1, -0.05) is 6.07 Å². The zero-order chi connectivity index (χ0) is 33.8. The molecule has 5 atom stereocenters. The Labute approximate surface area is 267 Å². The lowest BCUT2D eigenvalue weighted by atomic mass is 9.99. The van der Waals surface area contributed by atoms with E-state index in [9.17, 15) is 29.7 Å². The molecule has 1 aliphatic rings. The summed E-state index contributed by atoms with van der Waals surface area (Å²) in [4.78, 5) is 47.9. The van der Waals surface area contributed by atoms with Gasteiger partial charge in [0.05, 0.1) is 24.0 Å². The number of fused-ring (bicyclic) bond motifs is 1. The Hall–Kier alpha value is -5.42. The van der Waals surface area contributed by atoms with Crippen LogP contribution in [0.2, 0.25) is 0 Å². The van der Waals surface area contributed by atoms with Gasteiger partial charge < -0.3 is 45.5 Å². The number of rotatable bonds is 11. The van der Waals surface area contributed by atoms with E-state index in [2.05, 4.69) is 10.3 Å². The molecule has 0 aliphatic carbocycles. The van der Waals surface area contributed by atoms with E-state index in [1.54, 1.807) is 48.5 Å². The van der Waals surface area contributed by atoms with Crippen LogP contribution in [0.15, 0.2) is 66.9 Å². The highest BCUT2D eigenvalue weighted by Crippen LogP contribution is 2.24. The lowest BCUT2D eigenvalue weighted by Crippen LogP contribution is -2.60. The topological polar surface area (TPSA) is 246 Å². The molecule has 0 saturated carbocycles. The van der Waals surface area contributed by atoms with Crippen LogP contribution in [0.5, 0.6) is 0 Å². The molecule has 1 fully saturated rings. The van der Waals surface area contributed by atoms with Gasteiger partial charge in [-0.15, -0.1) is 0 Å². The van der Waals surface area contributed by atoms with Crippen LogP contribution in [0.1, 0.15) is 28.2 Å². The van der Waals surface area contributed by atoms with E-state index in [1.807, 2.05) is 23.7 Å². The van der Waals surface area contributed by atoms with E-state index in [0.29, 0.717) is 23.4 Å². The molecule has 1 unspecified atom stereocenters. The van der Waals surface area contributed by atoms with Crippen LogP contribution >= 0.6 is 0 Å². The maximum atomic E-state index is 13.8. The molecular weight excluding hydrogens is 614 g/mol. The van der Waals surface area contributed by atoms with Crippen molar-refractivity contribution in [2.24, 2.45) is 12.8 Å². The number of hydrogen-bond donors (Lipinski definition) is 7. The molecule has 0 bridgehead atoms. The Bertz CT molecular complexity index is 1780. The summed E-state index contributed by atoms with van der Waals surface area (Å²) < 4.78 is 11.8. The molecule has 1 aliphatic heterocycles. The Kier molecular flexibility index (Phi) is 9.76. The average molecular weight is 648 g/mol. The van der Waals surface area contributed by atoms with Crippen molar-refractivity contribution in [3.05, 3.63) is 83.8 Å². The second-order valence-corrected chi connectivity index (χ2v) is 10.8. The number of ether oxygens (including phenoxy) is 2. The fourth-order valence-electron chi connectivity index (χ4n) is 5.08. The van der Waals surface area contributed by atoms with Crippen LogP contribution in [-0.2, 0) is 32.7 Å². The number of carboxylic acids is 1. The SMILES string of the molecule is Cn1c(CNc2ccc(C(=N)N)cc2)nc2cc(C(=O)N(CCC(=O)O[C@H]3C(O)O[C@H](C(=O)O)[C@@H](O)[C@@H]3O)c3ccccn3)ccc21. The number of aromatic nitrogens is 3. The van der Waals surface area contributed by atoms with Crippen LogP contribution < -0.4 is 16.0 Å². The maximum Gasteiger partial charge on any atom is 0.335 e. The number of nitrogens with one attached hydrogen (secondary N) is 2. The number of nitrogens with zero attached hydrogens (tertiary/aromatic N) is 4. The number of carbonyl (C=O) groups excluding carboxylic acids is 2. The first-order chi connectivity index (χ1) is 22.4. The summed E-state index contributed by atoms with van der Waals surface area (Å²) in [6.45, 7) is 0.159. The molecule has 4 aromatic rings. The summed E-state index contributed by atoms with van der Waals surface area (Å²) in [7, 11) is 1.85. The van der Waals surface area contributed by atoms with Gasteiger partial charge in [0.2, 0.25) is 0 Å². The van der Waals surface area contributed by atoms with Crippen LogP contribution in [0.3, 0.4) is 0 Å². The van der Waals surface area contributed by atoms with Crippen molar-refractivity contribution >= 4 is 46.2 Å². The fourth-order valence-corrected chi connectivity index (χ4v) is 5.08. The van der Waals surface area contributed by atoms with E-state index in [4.69, 9.17) is 30.7 Å². The Morgan fingerprint density at radius 1 is 1.06 bits per heavy atom. The quantitative estimate of drug-likeness (QED) is 0.0660. The number of anilines is 2. The minimum Gasteiger partial charge on any atom is -0.479 e. The number of hydrogen-bond acceptors (Lipinski definition) is 12. The summed E-state index contributed by atoms with van der Waals surface area (Å²) in [5, 5.41) is 50.3. The van der Waals surface area contributed by atoms with Gasteiger partial charge in [-0.05, 0) is 54.6 Å². The number of aliphatic carboxylic acids is 1. The third-order valence-electron chi connectivity index (χ3n) is 7.65. The average Bonchev–Trinajstić information content (AvgIpc) is 3.38. The number of aliphatic hydroxyl groups excluding tert-OH is 3.